The number of fused-ring (bicyclic) bond motifs is 3. The maximum Gasteiger partial charge on any atom is 0.137 e. The lowest BCUT2D eigenvalue weighted by Crippen LogP contribution is -2.13. The highest BCUT2D eigenvalue weighted by atomic mass is 16.5. The van der Waals surface area contributed by atoms with Gasteiger partial charge in [0.2, 0.25) is 0 Å². The first-order valence-corrected chi connectivity index (χ1v) is 19.4. The van der Waals surface area contributed by atoms with Gasteiger partial charge in [-0.2, -0.15) is 5.10 Å². The molecule has 53 heavy (non-hydrogen) atoms. The zero-order chi connectivity index (χ0) is 37.6. The van der Waals surface area contributed by atoms with E-state index in [-0.39, 0.29) is 5.41 Å². The number of rotatable bonds is 10. The van der Waals surface area contributed by atoms with Crippen molar-refractivity contribution in [2.45, 2.75) is 106 Å². The summed E-state index contributed by atoms with van der Waals surface area (Å²) >= 11 is 0. The molecule has 0 saturated carbocycles. The van der Waals surface area contributed by atoms with Crippen molar-refractivity contribution in [2.24, 2.45) is 0 Å². The quantitative estimate of drug-likeness (QED) is 0.142. The first-order chi connectivity index (χ1) is 25.4. The van der Waals surface area contributed by atoms with Crippen LogP contribution in [-0.2, 0) is 18.3 Å². The lowest BCUT2D eigenvalue weighted by Gasteiger charge is -2.22. The van der Waals surface area contributed by atoms with Gasteiger partial charge in [0.05, 0.1) is 28.1 Å². The monoisotopic (exact) mass is 702 g/mol. The van der Waals surface area contributed by atoms with Gasteiger partial charge in [-0.25, -0.2) is 9.67 Å². The van der Waals surface area contributed by atoms with Crippen LogP contribution in [-0.4, -0.2) is 19.3 Å². The van der Waals surface area contributed by atoms with Crippen molar-refractivity contribution in [3.8, 4) is 34.1 Å². The van der Waals surface area contributed by atoms with Gasteiger partial charge in [-0.3, -0.25) is 4.57 Å². The summed E-state index contributed by atoms with van der Waals surface area (Å²) in [5.41, 5.74) is 14.6. The topological polar surface area (TPSA) is 44.9 Å². The van der Waals surface area contributed by atoms with Gasteiger partial charge in [0.25, 0.3) is 0 Å². The molecule has 0 aliphatic rings. The molecule has 0 aliphatic carbocycles. The van der Waals surface area contributed by atoms with E-state index in [0.717, 1.165) is 59.7 Å². The Kier molecular flexibility index (Phi) is 9.80. The predicted octanol–water partition coefficient (Wildman–Crippen LogP) is 13.1. The SMILES string of the molecule is CCCc1nn(-c2cc(Oc3ccc4c5ccccc5n(-c5cc(C(C)C)ccn5)c4c3)cc(C(C)(C)C)c2)c(CCC)c1-c1c(C)cc(C)cc1C. The van der Waals surface area contributed by atoms with Gasteiger partial charge in [-0.05, 0) is 115 Å². The number of aromatic nitrogens is 4. The summed E-state index contributed by atoms with van der Waals surface area (Å²) in [6.45, 7) is 22.4. The summed E-state index contributed by atoms with van der Waals surface area (Å²) in [4.78, 5) is 4.86. The predicted molar refractivity (Wildman–Crippen MR) is 223 cm³/mol. The molecule has 0 bridgehead atoms. The molecule has 0 spiro atoms. The van der Waals surface area contributed by atoms with Gasteiger partial charge in [0.15, 0.2) is 0 Å². The van der Waals surface area contributed by atoms with E-state index in [2.05, 4.69) is 163 Å². The maximum absolute atomic E-state index is 6.88. The first kappa shape index (κ1) is 36.2. The standard InChI is InChI=1S/C48H54N4O/c1-11-15-41-47(46-32(6)23-31(5)24-33(46)7)43(16-12-2)52(50-41)36-26-35(48(8,9)10)27-38(28-36)53-37-19-20-40-39-17-13-14-18-42(39)51(44(40)29-37)45-25-34(30(3)4)21-22-49-45/h13-14,17-30H,11-12,15-16H2,1-10H3. The summed E-state index contributed by atoms with van der Waals surface area (Å²) < 4.78 is 11.4. The van der Waals surface area contributed by atoms with E-state index >= 15 is 0 Å². The highest BCUT2D eigenvalue weighted by molar-refractivity contribution is 6.09. The summed E-state index contributed by atoms with van der Waals surface area (Å²) in [5.74, 6) is 2.90. The number of hydrogen-bond acceptors (Lipinski definition) is 3. The molecular formula is C48H54N4O. The Labute approximate surface area is 315 Å². The summed E-state index contributed by atoms with van der Waals surface area (Å²) in [6, 6.07) is 30.6. The van der Waals surface area contributed by atoms with Crippen molar-refractivity contribution in [1.29, 1.82) is 0 Å². The number of hydrogen-bond donors (Lipinski definition) is 0. The van der Waals surface area contributed by atoms with Gasteiger partial charge in [-0.1, -0.05) is 97.2 Å². The average molecular weight is 703 g/mol. The number of ether oxygens (including phenoxy) is 1. The molecule has 0 radical (unpaired) electrons. The van der Waals surface area contributed by atoms with Crippen LogP contribution in [0, 0.1) is 20.8 Å². The fraction of sp³-hybridized carbons (Fsp3) is 0.333. The molecule has 3 aromatic heterocycles. The van der Waals surface area contributed by atoms with Crippen LogP contribution in [0.2, 0.25) is 0 Å². The molecule has 0 amide bonds. The fourth-order valence-electron chi connectivity index (χ4n) is 7.97. The van der Waals surface area contributed by atoms with E-state index < -0.39 is 0 Å². The van der Waals surface area contributed by atoms with Crippen molar-refractivity contribution in [3.05, 3.63) is 130 Å². The third-order valence-corrected chi connectivity index (χ3v) is 10.5. The molecule has 0 atom stereocenters. The maximum atomic E-state index is 6.88. The van der Waals surface area contributed by atoms with Crippen molar-refractivity contribution in [2.75, 3.05) is 0 Å². The second-order valence-electron chi connectivity index (χ2n) is 16.2. The smallest absolute Gasteiger partial charge is 0.137 e. The summed E-state index contributed by atoms with van der Waals surface area (Å²) in [6.07, 6.45) is 5.84. The molecule has 5 heteroatoms. The minimum absolute atomic E-state index is 0.102. The van der Waals surface area contributed by atoms with E-state index in [9.17, 15) is 0 Å². The van der Waals surface area contributed by atoms with Gasteiger partial charge >= 0.3 is 0 Å². The summed E-state index contributed by atoms with van der Waals surface area (Å²) in [7, 11) is 0. The Morgan fingerprint density at radius 1 is 0.717 bits per heavy atom. The second kappa shape index (κ2) is 14.3. The average Bonchev–Trinajstić information content (AvgIpc) is 3.62. The first-order valence-electron chi connectivity index (χ1n) is 19.4. The molecule has 0 unspecified atom stereocenters. The zero-order valence-electron chi connectivity index (χ0n) is 33.3. The van der Waals surface area contributed by atoms with E-state index in [1.807, 2.05) is 6.20 Å². The Bertz CT molecular complexity index is 2430. The van der Waals surface area contributed by atoms with Gasteiger partial charge < -0.3 is 4.74 Å². The molecule has 272 valence electrons. The van der Waals surface area contributed by atoms with Crippen LogP contribution in [0.4, 0.5) is 0 Å². The van der Waals surface area contributed by atoms with Crippen molar-refractivity contribution in [1.82, 2.24) is 19.3 Å². The highest BCUT2D eigenvalue weighted by Crippen LogP contribution is 2.40. The number of benzene rings is 4. The molecule has 4 aromatic carbocycles. The van der Waals surface area contributed by atoms with Gasteiger partial charge in [0, 0.05) is 34.7 Å². The number of para-hydroxylation sites is 1. The van der Waals surface area contributed by atoms with Gasteiger partial charge in [0.1, 0.15) is 17.3 Å². The van der Waals surface area contributed by atoms with Crippen LogP contribution in [0.3, 0.4) is 0 Å². The Morgan fingerprint density at radius 2 is 1.43 bits per heavy atom. The van der Waals surface area contributed by atoms with Crippen LogP contribution in [0.15, 0.2) is 91.1 Å². The van der Waals surface area contributed by atoms with E-state index in [1.54, 1.807) is 0 Å². The number of aryl methyl sites for hydroxylation is 4. The Morgan fingerprint density at radius 3 is 2.13 bits per heavy atom. The lowest BCUT2D eigenvalue weighted by atomic mass is 9.86. The zero-order valence-corrected chi connectivity index (χ0v) is 33.3. The number of nitrogens with zero attached hydrogens (tertiary/aromatic N) is 4. The molecule has 7 rings (SSSR count). The molecular weight excluding hydrogens is 649 g/mol. The molecule has 3 heterocycles. The molecule has 0 N–H and O–H groups in total. The van der Waals surface area contributed by atoms with Crippen LogP contribution in [0.1, 0.15) is 106 Å². The molecule has 7 aromatic rings. The fourth-order valence-corrected chi connectivity index (χ4v) is 7.97. The van der Waals surface area contributed by atoms with E-state index in [1.165, 1.54) is 61.1 Å². The van der Waals surface area contributed by atoms with Crippen molar-refractivity contribution >= 4 is 21.8 Å². The lowest BCUT2D eigenvalue weighted by molar-refractivity contribution is 0.478. The van der Waals surface area contributed by atoms with Gasteiger partial charge in [-0.15, -0.1) is 0 Å². The van der Waals surface area contributed by atoms with Crippen LogP contribution < -0.4 is 4.74 Å². The van der Waals surface area contributed by atoms with E-state index in [4.69, 9.17) is 14.8 Å². The normalized spacial score (nSPS) is 12.1. The highest BCUT2D eigenvalue weighted by Gasteiger charge is 2.25. The third-order valence-electron chi connectivity index (χ3n) is 10.5. The second-order valence-corrected chi connectivity index (χ2v) is 16.2. The summed E-state index contributed by atoms with van der Waals surface area (Å²) in [5, 5.41) is 7.79. The third kappa shape index (κ3) is 6.90. The minimum Gasteiger partial charge on any atom is -0.457 e. The largest absolute Gasteiger partial charge is 0.457 e. The van der Waals surface area contributed by atoms with Crippen molar-refractivity contribution in [3.63, 3.8) is 0 Å². The minimum atomic E-state index is -0.102. The molecule has 0 fully saturated rings. The molecule has 0 saturated heterocycles. The molecule has 5 nitrogen and oxygen atoms in total. The van der Waals surface area contributed by atoms with Crippen LogP contribution in [0.25, 0.3) is 44.4 Å². The van der Waals surface area contributed by atoms with Crippen LogP contribution in [0.5, 0.6) is 11.5 Å². The van der Waals surface area contributed by atoms with Crippen molar-refractivity contribution < 1.29 is 4.74 Å². The molecule has 0 aliphatic heterocycles. The number of pyridine rings is 1. The Hall–Kier alpha value is -5.16. The van der Waals surface area contributed by atoms with E-state index in [0.29, 0.717) is 5.92 Å². The Balaban J connectivity index is 1.39. The van der Waals surface area contributed by atoms with Crippen LogP contribution >= 0.6 is 0 Å².